The van der Waals surface area contributed by atoms with Gasteiger partial charge in [-0.2, -0.15) is 0 Å². The van der Waals surface area contributed by atoms with Gasteiger partial charge in [-0.25, -0.2) is 0 Å². The van der Waals surface area contributed by atoms with Crippen LogP contribution in [0.1, 0.15) is 64.2 Å². The van der Waals surface area contributed by atoms with Crippen molar-refractivity contribution in [2.45, 2.75) is 76.3 Å². The second-order valence-corrected chi connectivity index (χ2v) is 8.95. The number of carbonyl (C=O) groups is 1. The Kier molecular flexibility index (Phi) is 7.44. The molecule has 0 bridgehead atoms. The quantitative estimate of drug-likeness (QED) is 0.769. The molecule has 29 heavy (non-hydrogen) atoms. The first-order valence-corrected chi connectivity index (χ1v) is 11.8. The van der Waals surface area contributed by atoms with E-state index in [1.54, 1.807) is 0 Å². The Morgan fingerprint density at radius 1 is 0.897 bits per heavy atom. The van der Waals surface area contributed by atoms with Gasteiger partial charge in [-0.3, -0.25) is 9.69 Å². The summed E-state index contributed by atoms with van der Waals surface area (Å²) in [5.74, 6) is 0.139. The van der Waals surface area contributed by atoms with Gasteiger partial charge in [0.2, 0.25) is 5.91 Å². The molecule has 0 spiro atoms. The van der Waals surface area contributed by atoms with Crippen LogP contribution in [0.5, 0.6) is 0 Å². The third-order valence-electron chi connectivity index (χ3n) is 6.94. The predicted molar refractivity (Wildman–Crippen MR) is 119 cm³/mol. The molecular formula is C24H37N3O2. The lowest BCUT2D eigenvalue weighted by atomic mass is 9.88. The lowest BCUT2D eigenvalue weighted by molar-refractivity contribution is -0.119. The van der Waals surface area contributed by atoms with Gasteiger partial charge < -0.3 is 15.0 Å². The molecule has 2 aliphatic carbocycles. The molecule has 4 rings (SSSR count). The van der Waals surface area contributed by atoms with Gasteiger partial charge in [0.15, 0.2) is 0 Å². The Labute approximate surface area is 175 Å². The van der Waals surface area contributed by atoms with Crippen LogP contribution in [-0.2, 0) is 9.53 Å². The summed E-state index contributed by atoms with van der Waals surface area (Å²) in [6, 6.07) is 9.49. The second kappa shape index (κ2) is 10.4. The fourth-order valence-corrected chi connectivity index (χ4v) is 5.33. The summed E-state index contributed by atoms with van der Waals surface area (Å²) in [6.07, 6.45) is 13.0. The monoisotopic (exact) mass is 399 g/mol. The maximum absolute atomic E-state index is 12.9. The molecule has 0 atom stereocenters. The molecule has 5 nitrogen and oxygen atoms in total. The van der Waals surface area contributed by atoms with Crippen molar-refractivity contribution in [3.63, 3.8) is 0 Å². The minimum absolute atomic E-state index is 0.139. The van der Waals surface area contributed by atoms with Gasteiger partial charge in [0, 0.05) is 36.5 Å². The van der Waals surface area contributed by atoms with Crippen molar-refractivity contribution < 1.29 is 9.53 Å². The fraction of sp³-hybridized carbons (Fsp3) is 0.708. The normalized spacial score (nSPS) is 22.0. The van der Waals surface area contributed by atoms with Crippen molar-refractivity contribution in [3.8, 4) is 0 Å². The number of benzene rings is 1. The molecule has 2 saturated carbocycles. The van der Waals surface area contributed by atoms with Crippen LogP contribution in [0.15, 0.2) is 24.3 Å². The second-order valence-electron chi connectivity index (χ2n) is 8.95. The van der Waals surface area contributed by atoms with E-state index in [1.807, 2.05) is 12.1 Å². The van der Waals surface area contributed by atoms with Gasteiger partial charge in [-0.05, 0) is 49.9 Å². The number of hydrogen-bond donors (Lipinski definition) is 1. The van der Waals surface area contributed by atoms with Crippen LogP contribution in [0.4, 0.5) is 11.4 Å². The van der Waals surface area contributed by atoms with Crippen LogP contribution in [0.2, 0.25) is 0 Å². The van der Waals surface area contributed by atoms with Crippen LogP contribution in [0.25, 0.3) is 0 Å². The molecule has 0 unspecified atom stereocenters. The summed E-state index contributed by atoms with van der Waals surface area (Å²) >= 11 is 0. The van der Waals surface area contributed by atoms with Crippen LogP contribution >= 0.6 is 0 Å². The third-order valence-corrected chi connectivity index (χ3v) is 6.94. The maximum Gasteiger partial charge on any atom is 0.238 e. The molecule has 1 saturated heterocycles. The van der Waals surface area contributed by atoms with Gasteiger partial charge in [0.1, 0.15) is 0 Å². The van der Waals surface area contributed by atoms with Gasteiger partial charge >= 0.3 is 0 Å². The van der Waals surface area contributed by atoms with Gasteiger partial charge in [-0.1, -0.05) is 38.5 Å². The number of nitrogens with one attached hydrogen (secondary N) is 1. The molecule has 1 N–H and O–H groups in total. The highest BCUT2D eigenvalue weighted by Gasteiger charge is 2.30. The van der Waals surface area contributed by atoms with E-state index in [0.717, 1.165) is 32.0 Å². The summed E-state index contributed by atoms with van der Waals surface area (Å²) < 4.78 is 5.43. The van der Waals surface area contributed by atoms with Gasteiger partial charge in [0.05, 0.1) is 19.8 Å². The van der Waals surface area contributed by atoms with Crippen molar-refractivity contribution in [2.24, 2.45) is 0 Å². The van der Waals surface area contributed by atoms with E-state index in [2.05, 4.69) is 27.2 Å². The zero-order valence-corrected chi connectivity index (χ0v) is 17.8. The molecule has 0 aromatic heterocycles. The third kappa shape index (κ3) is 5.73. The molecule has 1 heterocycles. The number of ether oxygens (including phenoxy) is 1. The summed E-state index contributed by atoms with van der Waals surface area (Å²) in [6.45, 7) is 3.99. The number of rotatable bonds is 6. The van der Waals surface area contributed by atoms with E-state index in [9.17, 15) is 4.79 Å². The van der Waals surface area contributed by atoms with E-state index in [-0.39, 0.29) is 5.91 Å². The summed E-state index contributed by atoms with van der Waals surface area (Å²) in [5.41, 5.74) is 2.11. The Morgan fingerprint density at radius 3 is 2.00 bits per heavy atom. The number of morpholine rings is 1. The first-order valence-electron chi connectivity index (χ1n) is 11.8. The summed E-state index contributed by atoms with van der Waals surface area (Å²) in [5, 5.41) is 3.16. The Balaban J connectivity index is 1.35. The number of carbonyl (C=O) groups excluding carboxylic acids is 1. The first kappa shape index (κ1) is 20.7. The highest BCUT2D eigenvalue weighted by molar-refractivity contribution is 5.92. The van der Waals surface area contributed by atoms with Crippen molar-refractivity contribution in [2.75, 3.05) is 43.1 Å². The summed E-state index contributed by atoms with van der Waals surface area (Å²) in [4.78, 5) is 17.8. The highest BCUT2D eigenvalue weighted by atomic mass is 16.5. The van der Waals surface area contributed by atoms with Crippen LogP contribution in [0, 0.1) is 0 Å². The molecule has 1 aromatic carbocycles. The minimum atomic E-state index is 0.139. The standard InChI is InChI=1S/C24H37N3O2/c28-24(25-20-11-13-21(14-12-20)26-15-17-29-18-16-26)19-27(22-7-3-1-4-8-22)23-9-5-2-6-10-23/h11-14,22-23H,1-10,15-19H2,(H,25,28). The molecule has 1 aliphatic heterocycles. The van der Waals surface area contributed by atoms with Crippen LogP contribution < -0.4 is 10.2 Å². The van der Waals surface area contributed by atoms with Crippen molar-refractivity contribution >= 4 is 17.3 Å². The van der Waals surface area contributed by atoms with Crippen molar-refractivity contribution in [3.05, 3.63) is 24.3 Å². The average molecular weight is 400 g/mol. The predicted octanol–water partition coefficient (Wildman–Crippen LogP) is 4.43. The largest absolute Gasteiger partial charge is 0.378 e. The number of hydrogen-bond acceptors (Lipinski definition) is 4. The molecule has 3 aliphatic rings. The molecule has 3 fully saturated rings. The lowest BCUT2D eigenvalue weighted by Gasteiger charge is -2.41. The zero-order chi connectivity index (χ0) is 19.9. The molecule has 1 aromatic rings. The number of nitrogens with zero attached hydrogens (tertiary/aromatic N) is 2. The molecule has 160 valence electrons. The highest BCUT2D eigenvalue weighted by Crippen LogP contribution is 2.30. The zero-order valence-electron chi connectivity index (χ0n) is 17.8. The van der Waals surface area contributed by atoms with Crippen molar-refractivity contribution in [1.29, 1.82) is 0 Å². The average Bonchev–Trinajstić information content (AvgIpc) is 2.80. The number of anilines is 2. The smallest absolute Gasteiger partial charge is 0.238 e. The van der Waals surface area contributed by atoms with E-state index in [1.165, 1.54) is 69.9 Å². The topological polar surface area (TPSA) is 44.8 Å². The van der Waals surface area contributed by atoms with Gasteiger partial charge in [-0.15, -0.1) is 0 Å². The Bertz CT molecular complexity index is 612. The molecular weight excluding hydrogens is 362 g/mol. The Hall–Kier alpha value is -1.59. The van der Waals surface area contributed by atoms with E-state index >= 15 is 0 Å². The molecule has 0 radical (unpaired) electrons. The lowest BCUT2D eigenvalue weighted by Crippen LogP contribution is -2.48. The van der Waals surface area contributed by atoms with Crippen LogP contribution in [0.3, 0.4) is 0 Å². The first-order chi connectivity index (χ1) is 14.3. The van der Waals surface area contributed by atoms with E-state index in [0.29, 0.717) is 18.6 Å². The SMILES string of the molecule is O=C(CN(C1CCCCC1)C1CCCCC1)Nc1ccc(N2CCOCC2)cc1. The minimum Gasteiger partial charge on any atom is -0.378 e. The fourth-order valence-electron chi connectivity index (χ4n) is 5.33. The maximum atomic E-state index is 12.9. The molecule has 1 amide bonds. The summed E-state index contributed by atoms with van der Waals surface area (Å²) in [7, 11) is 0. The van der Waals surface area contributed by atoms with Gasteiger partial charge in [0.25, 0.3) is 0 Å². The van der Waals surface area contributed by atoms with E-state index in [4.69, 9.17) is 4.74 Å². The van der Waals surface area contributed by atoms with Crippen LogP contribution in [-0.4, -0.2) is 55.7 Å². The number of amides is 1. The Morgan fingerprint density at radius 2 is 1.45 bits per heavy atom. The van der Waals surface area contributed by atoms with E-state index < -0.39 is 0 Å². The molecule has 5 heteroatoms. The van der Waals surface area contributed by atoms with Crippen molar-refractivity contribution in [1.82, 2.24) is 4.90 Å².